The van der Waals surface area contributed by atoms with Gasteiger partial charge in [-0.1, -0.05) is 6.07 Å². The van der Waals surface area contributed by atoms with E-state index < -0.39 is 12.6 Å². The number of halogens is 5. The number of unbranched alkanes of at least 4 members (excludes halogenated alkanes) is 1. The van der Waals surface area contributed by atoms with Crippen molar-refractivity contribution in [3.05, 3.63) is 34.1 Å². The topological polar surface area (TPSA) is 12.0 Å². The zero-order valence-corrected chi connectivity index (χ0v) is 11.2. The third-order valence-corrected chi connectivity index (χ3v) is 2.98. The maximum atomic E-state index is 12.9. The maximum Gasteiger partial charge on any atom is 0.389 e. The first kappa shape index (κ1) is 15.4. The second kappa shape index (κ2) is 7.09. The Kier molecular flexibility index (Phi) is 6.08. The van der Waals surface area contributed by atoms with Crippen molar-refractivity contribution < 1.29 is 17.6 Å². The van der Waals surface area contributed by atoms with Gasteiger partial charge in [-0.3, -0.25) is 0 Å². The second-order valence-electron chi connectivity index (χ2n) is 4.00. The van der Waals surface area contributed by atoms with E-state index in [-0.39, 0.29) is 12.2 Å². The molecule has 0 aliphatic heterocycles. The molecule has 1 aromatic carbocycles. The summed E-state index contributed by atoms with van der Waals surface area (Å²) in [6.45, 7) is 1.04. The molecule has 18 heavy (non-hydrogen) atoms. The van der Waals surface area contributed by atoms with Crippen LogP contribution in [0.2, 0.25) is 0 Å². The smallest absolute Gasteiger partial charge is 0.313 e. The number of rotatable bonds is 6. The van der Waals surface area contributed by atoms with Gasteiger partial charge in [0.05, 0.1) is 4.47 Å². The zero-order valence-electron chi connectivity index (χ0n) is 9.66. The summed E-state index contributed by atoms with van der Waals surface area (Å²) in [5.41, 5.74) is 0.888. The Bertz CT molecular complexity index is 379. The predicted octanol–water partition coefficient (Wildman–Crippen LogP) is 4.41. The highest BCUT2D eigenvalue weighted by Gasteiger charge is 2.25. The van der Waals surface area contributed by atoms with Crippen LogP contribution in [0.4, 0.5) is 17.6 Å². The van der Waals surface area contributed by atoms with Gasteiger partial charge in [0.25, 0.3) is 0 Å². The highest BCUT2D eigenvalue weighted by Crippen LogP contribution is 2.22. The van der Waals surface area contributed by atoms with E-state index in [1.165, 1.54) is 6.07 Å². The minimum Gasteiger partial charge on any atom is -0.313 e. The molecule has 0 bridgehead atoms. The SMILES string of the molecule is Fc1ccc(CNCCCCC(F)(F)F)cc1Br. The minimum atomic E-state index is -4.07. The summed E-state index contributed by atoms with van der Waals surface area (Å²) in [7, 11) is 0. The molecule has 0 spiro atoms. The van der Waals surface area contributed by atoms with Gasteiger partial charge in [-0.25, -0.2) is 4.39 Å². The van der Waals surface area contributed by atoms with Crippen molar-refractivity contribution in [2.24, 2.45) is 0 Å². The first-order valence-corrected chi connectivity index (χ1v) is 6.39. The Morgan fingerprint density at radius 1 is 1.17 bits per heavy atom. The van der Waals surface area contributed by atoms with Crippen LogP contribution in [0.25, 0.3) is 0 Å². The maximum absolute atomic E-state index is 12.9. The third kappa shape index (κ3) is 6.35. The largest absolute Gasteiger partial charge is 0.389 e. The normalized spacial score (nSPS) is 11.8. The van der Waals surface area contributed by atoms with Crippen LogP contribution in [0.3, 0.4) is 0 Å². The summed E-state index contributed by atoms with van der Waals surface area (Å²) in [6.07, 6.45) is -4.20. The van der Waals surface area contributed by atoms with E-state index >= 15 is 0 Å². The van der Waals surface area contributed by atoms with Crippen molar-refractivity contribution >= 4 is 15.9 Å². The van der Waals surface area contributed by atoms with Crippen molar-refractivity contribution in [1.82, 2.24) is 5.32 Å². The number of nitrogens with one attached hydrogen (secondary N) is 1. The first-order valence-electron chi connectivity index (χ1n) is 5.60. The van der Waals surface area contributed by atoms with Gasteiger partial charge >= 0.3 is 6.18 Å². The molecule has 6 heteroatoms. The monoisotopic (exact) mass is 327 g/mol. The van der Waals surface area contributed by atoms with Gasteiger partial charge in [0.2, 0.25) is 0 Å². The summed E-state index contributed by atoms with van der Waals surface area (Å²) >= 11 is 3.07. The summed E-state index contributed by atoms with van der Waals surface area (Å²) in [6, 6.07) is 4.64. The molecule has 0 unspecified atom stereocenters. The molecule has 0 amide bonds. The predicted molar refractivity (Wildman–Crippen MR) is 65.7 cm³/mol. The van der Waals surface area contributed by atoms with E-state index in [0.29, 0.717) is 24.0 Å². The lowest BCUT2D eigenvalue weighted by atomic mass is 10.2. The van der Waals surface area contributed by atoms with Gasteiger partial charge in [0.1, 0.15) is 5.82 Å². The van der Waals surface area contributed by atoms with Gasteiger partial charge in [0, 0.05) is 13.0 Å². The van der Waals surface area contributed by atoms with E-state index in [1.54, 1.807) is 12.1 Å². The van der Waals surface area contributed by atoms with Crippen LogP contribution in [0.15, 0.2) is 22.7 Å². The molecular weight excluding hydrogens is 314 g/mol. The average molecular weight is 328 g/mol. The molecular formula is C12H14BrF4N. The van der Waals surface area contributed by atoms with Crippen LogP contribution in [0.1, 0.15) is 24.8 Å². The van der Waals surface area contributed by atoms with Crippen LogP contribution >= 0.6 is 15.9 Å². The standard InChI is InChI=1S/C12H14BrF4N/c13-10-7-9(3-4-11(10)14)8-18-6-2-1-5-12(15,16)17/h3-4,7,18H,1-2,5-6,8H2. The highest BCUT2D eigenvalue weighted by atomic mass is 79.9. The summed E-state index contributed by atoms with van der Waals surface area (Å²) in [4.78, 5) is 0. The minimum absolute atomic E-state index is 0.129. The van der Waals surface area contributed by atoms with Crippen LogP contribution < -0.4 is 5.32 Å². The Balaban J connectivity index is 2.16. The van der Waals surface area contributed by atoms with Crippen LogP contribution in [0.5, 0.6) is 0 Å². The second-order valence-corrected chi connectivity index (χ2v) is 4.85. The molecule has 1 N–H and O–H groups in total. The number of benzene rings is 1. The first-order chi connectivity index (χ1) is 8.38. The van der Waals surface area contributed by atoms with Crippen LogP contribution in [0, 0.1) is 5.82 Å². The fourth-order valence-corrected chi connectivity index (χ4v) is 1.88. The summed E-state index contributed by atoms with van der Waals surface area (Å²) < 4.78 is 48.9. The molecule has 0 saturated carbocycles. The Morgan fingerprint density at radius 3 is 2.50 bits per heavy atom. The van der Waals surface area contributed by atoms with E-state index in [0.717, 1.165) is 5.56 Å². The van der Waals surface area contributed by atoms with Gasteiger partial charge in [0.15, 0.2) is 0 Å². The van der Waals surface area contributed by atoms with Crippen molar-refractivity contribution in [3.8, 4) is 0 Å². The Hall–Kier alpha value is -0.620. The van der Waals surface area contributed by atoms with E-state index in [1.807, 2.05) is 0 Å². The zero-order chi connectivity index (χ0) is 13.6. The number of alkyl halides is 3. The summed E-state index contributed by atoms with van der Waals surface area (Å²) in [5, 5.41) is 3.02. The molecule has 1 aromatic rings. The fourth-order valence-electron chi connectivity index (χ4n) is 1.46. The molecule has 0 aromatic heterocycles. The van der Waals surface area contributed by atoms with Gasteiger partial charge < -0.3 is 5.32 Å². The van der Waals surface area contributed by atoms with Crippen LogP contribution in [-0.2, 0) is 6.54 Å². The molecule has 0 atom stereocenters. The molecule has 0 aliphatic rings. The fraction of sp³-hybridized carbons (Fsp3) is 0.500. The molecule has 1 nitrogen and oxygen atoms in total. The van der Waals surface area contributed by atoms with E-state index in [9.17, 15) is 17.6 Å². The summed E-state index contributed by atoms with van der Waals surface area (Å²) in [5.74, 6) is -0.330. The number of hydrogen-bond acceptors (Lipinski definition) is 1. The lowest BCUT2D eigenvalue weighted by Gasteiger charge is -2.07. The Labute approximate surface area is 112 Å². The molecule has 1 rings (SSSR count). The lowest BCUT2D eigenvalue weighted by Crippen LogP contribution is -2.16. The third-order valence-electron chi connectivity index (χ3n) is 2.38. The number of hydrogen-bond donors (Lipinski definition) is 1. The van der Waals surface area contributed by atoms with Crippen molar-refractivity contribution in [1.29, 1.82) is 0 Å². The molecule has 0 heterocycles. The van der Waals surface area contributed by atoms with Crippen molar-refractivity contribution in [2.45, 2.75) is 32.0 Å². The molecule has 0 aliphatic carbocycles. The van der Waals surface area contributed by atoms with Gasteiger partial charge in [-0.05, 0) is 53.0 Å². The average Bonchev–Trinajstić information content (AvgIpc) is 2.26. The van der Waals surface area contributed by atoms with E-state index in [2.05, 4.69) is 21.2 Å². The molecule has 0 fully saturated rings. The molecule has 0 saturated heterocycles. The highest BCUT2D eigenvalue weighted by molar-refractivity contribution is 9.10. The van der Waals surface area contributed by atoms with Gasteiger partial charge in [-0.2, -0.15) is 13.2 Å². The van der Waals surface area contributed by atoms with E-state index in [4.69, 9.17) is 0 Å². The molecule has 102 valence electrons. The molecule has 0 radical (unpaired) electrons. The lowest BCUT2D eigenvalue weighted by molar-refractivity contribution is -0.135. The van der Waals surface area contributed by atoms with Crippen molar-refractivity contribution in [3.63, 3.8) is 0 Å². The van der Waals surface area contributed by atoms with Gasteiger partial charge in [-0.15, -0.1) is 0 Å². The quantitative estimate of drug-likeness (QED) is 0.602. The van der Waals surface area contributed by atoms with Crippen molar-refractivity contribution in [2.75, 3.05) is 6.54 Å². The Morgan fingerprint density at radius 2 is 1.89 bits per heavy atom. The van der Waals surface area contributed by atoms with Crippen LogP contribution in [-0.4, -0.2) is 12.7 Å².